The molecule has 0 aromatic heterocycles. The van der Waals surface area contributed by atoms with Gasteiger partial charge in [0.1, 0.15) is 17.9 Å². The highest BCUT2D eigenvalue weighted by Crippen LogP contribution is 2.45. The largest absolute Gasteiger partial charge is 0.508 e. The summed E-state index contributed by atoms with van der Waals surface area (Å²) in [4.78, 5) is 31.0. The molecule has 11 heteroatoms. The molecule has 1 saturated heterocycles. The van der Waals surface area contributed by atoms with E-state index in [1.54, 1.807) is 51.5 Å². The van der Waals surface area contributed by atoms with Gasteiger partial charge < -0.3 is 43.5 Å². The van der Waals surface area contributed by atoms with Gasteiger partial charge in [-0.1, -0.05) is 37.5 Å². The minimum absolute atomic E-state index is 0.0166. The van der Waals surface area contributed by atoms with Gasteiger partial charge in [0.15, 0.2) is 23.0 Å². The van der Waals surface area contributed by atoms with Gasteiger partial charge in [0, 0.05) is 19.6 Å². The molecule has 2 fully saturated rings. The molecule has 53 heavy (non-hydrogen) atoms. The molecule has 0 bridgehead atoms. The number of aliphatic hydroxyl groups is 1. The van der Waals surface area contributed by atoms with E-state index in [0.29, 0.717) is 66.5 Å². The van der Waals surface area contributed by atoms with Crippen LogP contribution in [0.3, 0.4) is 0 Å². The monoisotopic (exact) mass is 733 g/mol. The Morgan fingerprint density at radius 3 is 2.23 bits per heavy atom. The van der Waals surface area contributed by atoms with E-state index in [1.807, 2.05) is 36.4 Å². The van der Waals surface area contributed by atoms with Gasteiger partial charge in [0.05, 0.1) is 41.0 Å². The zero-order valence-corrected chi connectivity index (χ0v) is 31.5. The second kappa shape index (κ2) is 19.4. The molecule has 3 atom stereocenters. The zero-order chi connectivity index (χ0) is 37.7. The highest BCUT2D eigenvalue weighted by atomic mass is 16.5. The fourth-order valence-corrected chi connectivity index (χ4v) is 7.76. The Labute approximate surface area is 313 Å². The first-order valence-electron chi connectivity index (χ1n) is 18.8. The van der Waals surface area contributed by atoms with Crippen molar-refractivity contribution in [2.75, 3.05) is 48.2 Å². The number of nitrogens with zero attached hydrogens (tertiary/aromatic N) is 1. The maximum atomic E-state index is 15.0. The van der Waals surface area contributed by atoms with Crippen molar-refractivity contribution in [3.05, 3.63) is 71.3 Å². The van der Waals surface area contributed by atoms with Crippen molar-refractivity contribution in [2.45, 2.75) is 88.7 Å². The van der Waals surface area contributed by atoms with Gasteiger partial charge in [-0.15, -0.1) is 0 Å². The van der Waals surface area contributed by atoms with E-state index in [1.165, 1.54) is 0 Å². The molecule has 1 saturated carbocycles. The second-order valence-corrected chi connectivity index (χ2v) is 13.8. The predicted molar refractivity (Wildman–Crippen MR) is 200 cm³/mol. The maximum Gasteiger partial charge on any atom is 0.329 e. The Morgan fingerprint density at radius 1 is 0.792 bits per heavy atom. The molecule has 288 valence electrons. The third kappa shape index (κ3) is 9.87. The number of aromatic hydroxyl groups is 1. The van der Waals surface area contributed by atoms with Gasteiger partial charge in [0.2, 0.25) is 11.7 Å². The molecule has 1 aliphatic carbocycles. The Balaban J connectivity index is 1.44. The molecule has 1 amide bonds. The summed E-state index contributed by atoms with van der Waals surface area (Å²) in [6, 6.07) is 15.4. The van der Waals surface area contributed by atoms with Crippen LogP contribution in [-0.4, -0.2) is 81.2 Å². The van der Waals surface area contributed by atoms with E-state index in [2.05, 4.69) is 0 Å². The number of ether oxygens (including phenoxy) is 6. The van der Waals surface area contributed by atoms with Crippen LogP contribution in [0.5, 0.6) is 34.5 Å². The summed E-state index contributed by atoms with van der Waals surface area (Å²) in [6.45, 7) is 0.697. The van der Waals surface area contributed by atoms with Crippen molar-refractivity contribution in [1.82, 2.24) is 4.90 Å². The average molecular weight is 734 g/mol. The minimum atomic E-state index is -0.761. The summed E-state index contributed by atoms with van der Waals surface area (Å²) in [5.41, 5.74) is 2.40. The topological polar surface area (TPSA) is 133 Å². The van der Waals surface area contributed by atoms with E-state index in [9.17, 15) is 19.8 Å². The number of piperidine rings is 1. The third-order valence-electron chi connectivity index (χ3n) is 10.5. The van der Waals surface area contributed by atoms with Gasteiger partial charge in [-0.25, -0.2) is 4.79 Å². The van der Waals surface area contributed by atoms with Crippen molar-refractivity contribution >= 4 is 11.9 Å². The number of likely N-dealkylation sites (tertiary alicyclic amines) is 1. The van der Waals surface area contributed by atoms with E-state index >= 15 is 0 Å². The molecule has 1 heterocycles. The van der Waals surface area contributed by atoms with Crippen LogP contribution < -0.4 is 23.7 Å². The van der Waals surface area contributed by atoms with Crippen molar-refractivity contribution in [3.63, 3.8) is 0 Å². The lowest BCUT2D eigenvalue weighted by molar-refractivity contribution is -0.163. The lowest BCUT2D eigenvalue weighted by Crippen LogP contribution is -2.51. The molecule has 2 aliphatic rings. The number of amides is 1. The molecular weight excluding hydrogens is 678 g/mol. The first kappa shape index (κ1) is 39.6. The summed E-state index contributed by atoms with van der Waals surface area (Å²) in [5, 5.41) is 19.7. The molecule has 3 aromatic carbocycles. The Morgan fingerprint density at radius 2 is 1.53 bits per heavy atom. The van der Waals surface area contributed by atoms with Gasteiger partial charge >= 0.3 is 5.97 Å². The van der Waals surface area contributed by atoms with Crippen LogP contribution in [0.1, 0.15) is 92.9 Å². The summed E-state index contributed by atoms with van der Waals surface area (Å²) in [6.07, 6.45) is 7.81. The average Bonchev–Trinajstić information content (AvgIpc) is 3.19. The minimum Gasteiger partial charge on any atom is -0.508 e. The van der Waals surface area contributed by atoms with Crippen LogP contribution in [0.15, 0.2) is 54.6 Å². The normalized spacial score (nSPS) is 17.4. The van der Waals surface area contributed by atoms with Gasteiger partial charge in [-0.3, -0.25) is 4.79 Å². The van der Waals surface area contributed by atoms with Crippen molar-refractivity contribution < 1.29 is 48.2 Å². The number of aliphatic hydroxyl groups excluding tert-OH is 1. The Kier molecular flexibility index (Phi) is 14.5. The smallest absolute Gasteiger partial charge is 0.329 e. The highest BCUT2D eigenvalue weighted by molar-refractivity contribution is 5.89. The number of hydrogen-bond donors (Lipinski definition) is 2. The number of phenolic OH excluding ortho intramolecular Hbond substituents is 1. The van der Waals surface area contributed by atoms with Gasteiger partial charge in [-0.05, 0) is 104 Å². The molecule has 0 spiro atoms. The lowest BCUT2D eigenvalue weighted by Gasteiger charge is -2.40. The predicted octanol–water partition coefficient (Wildman–Crippen LogP) is 7.15. The molecule has 11 nitrogen and oxygen atoms in total. The molecule has 1 aliphatic heterocycles. The molecule has 2 N–H and O–H groups in total. The number of phenols is 1. The maximum absolute atomic E-state index is 15.0. The number of hydrogen-bond acceptors (Lipinski definition) is 10. The number of rotatable bonds is 17. The summed E-state index contributed by atoms with van der Waals surface area (Å²) < 4.78 is 34.7. The number of benzene rings is 3. The first-order valence-corrected chi connectivity index (χ1v) is 18.8. The van der Waals surface area contributed by atoms with Crippen molar-refractivity contribution in [3.8, 4) is 34.5 Å². The van der Waals surface area contributed by atoms with Crippen LogP contribution in [0.4, 0.5) is 0 Å². The molecule has 2 unspecified atom stereocenters. The second-order valence-electron chi connectivity index (χ2n) is 13.8. The van der Waals surface area contributed by atoms with Crippen LogP contribution in [-0.2, 0) is 20.7 Å². The summed E-state index contributed by atoms with van der Waals surface area (Å²) >= 11 is 0. The standard InChI is InChI=1S/C42H55NO10/c1-48-35-20-18-28(24-36(35)49-2)17-19-34(30-14-10-15-32(45)25-30)53-42(47)33-16-8-9-21-43(33)41(46)39(29-12-6-5-7-13-29)31-26-37(50-3)40(51-4)38(27-31)52-23-11-22-44/h10,14-15,18,20,24-27,29,33-34,39,44-45H,5-9,11-13,16-17,19,21-23H2,1-4H3/t33?,34?,39-/m0/s1. The van der Waals surface area contributed by atoms with Crippen molar-refractivity contribution in [1.29, 1.82) is 0 Å². The SMILES string of the molecule is COc1ccc(CCC(OC(=O)C2CCCCN2C(=O)[C@H](c2cc(OC)c(OC)c(OCCCO)c2)C2CCCCC2)c2cccc(O)c2)cc1OC. The fraction of sp³-hybridized carbons (Fsp3) is 0.524. The van der Waals surface area contributed by atoms with Crippen LogP contribution >= 0.6 is 0 Å². The van der Waals surface area contributed by atoms with Crippen molar-refractivity contribution in [2.24, 2.45) is 5.92 Å². The van der Waals surface area contributed by atoms with Crippen LogP contribution in [0.25, 0.3) is 0 Å². The molecular formula is C42H55NO10. The van der Waals surface area contributed by atoms with Crippen LogP contribution in [0.2, 0.25) is 0 Å². The number of methoxy groups -OCH3 is 4. The number of carbonyl (C=O) groups excluding carboxylic acids is 2. The van der Waals surface area contributed by atoms with Gasteiger partial charge in [-0.2, -0.15) is 0 Å². The quantitative estimate of drug-likeness (QED) is 0.109. The molecule has 0 radical (unpaired) electrons. The number of carbonyl (C=O) groups is 2. The van der Waals surface area contributed by atoms with Gasteiger partial charge in [0.25, 0.3) is 0 Å². The van der Waals surface area contributed by atoms with E-state index < -0.39 is 24.0 Å². The Bertz CT molecular complexity index is 1650. The third-order valence-corrected chi connectivity index (χ3v) is 10.5. The first-order chi connectivity index (χ1) is 25.8. The highest BCUT2D eigenvalue weighted by Gasteiger charge is 2.41. The number of aryl methyl sites for hydroxylation is 1. The molecule has 5 rings (SSSR count). The van der Waals surface area contributed by atoms with E-state index in [-0.39, 0.29) is 30.8 Å². The summed E-state index contributed by atoms with van der Waals surface area (Å²) in [7, 11) is 6.28. The van der Waals surface area contributed by atoms with E-state index in [0.717, 1.165) is 56.1 Å². The lowest BCUT2D eigenvalue weighted by atomic mass is 9.75. The van der Waals surface area contributed by atoms with E-state index in [4.69, 9.17) is 28.4 Å². The molecule has 3 aromatic rings. The number of esters is 1. The Hall–Kier alpha value is -4.64. The fourth-order valence-electron chi connectivity index (χ4n) is 7.76. The summed E-state index contributed by atoms with van der Waals surface area (Å²) in [5.74, 6) is 1.61. The van der Waals surface area contributed by atoms with Crippen LogP contribution in [0, 0.1) is 5.92 Å². The zero-order valence-electron chi connectivity index (χ0n) is 31.5.